The van der Waals surface area contributed by atoms with Gasteiger partial charge in [-0.15, -0.1) is 0 Å². The maximum atomic E-state index is 12.3. The van der Waals surface area contributed by atoms with E-state index in [-0.39, 0.29) is 11.6 Å². The van der Waals surface area contributed by atoms with Crippen LogP contribution in [0.2, 0.25) is 0 Å². The van der Waals surface area contributed by atoms with Crippen LogP contribution in [-0.2, 0) is 0 Å². The van der Waals surface area contributed by atoms with Crippen LogP contribution in [0, 0.1) is 6.92 Å². The minimum Gasteiger partial charge on any atom is -0.309 e. The summed E-state index contributed by atoms with van der Waals surface area (Å²) >= 11 is 0. The van der Waals surface area contributed by atoms with Gasteiger partial charge in [0.2, 0.25) is 0 Å². The third-order valence-corrected chi connectivity index (χ3v) is 4.22. The van der Waals surface area contributed by atoms with Gasteiger partial charge in [-0.25, -0.2) is 9.50 Å². The standard InChI is InChI=1S/C17H18N4O/c1-11-4-2-5-12(8-11)14-9-16-19-15(13-6-3-7-18-13)10-17(22)21(16)20-14/h2,4-5,8-10,13,18,20H,3,6-7H2,1H3. The number of hydrogen-bond acceptors (Lipinski definition) is 3. The number of nitrogens with one attached hydrogen (secondary N) is 2. The van der Waals surface area contributed by atoms with E-state index in [4.69, 9.17) is 0 Å². The van der Waals surface area contributed by atoms with Crippen LogP contribution in [0.3, 0.4) is 0 Å². The molecule has 0 bridgehead atoms. The van der Waals surface area contributed by atoms with Crippen molar-refractivity contribution < 1.29 is 0 Å². The Hall–Kier alpha value is -2.40. The van der Waals surface area contributed by atoms with Gasteiger partial charge in [-0.3, -0.25) is 9.89 Å². The summed E-state index contributed by atoms with van der Waals surface area (Å²) in [5.41, 5.74) is 4.61. The molecule has 1 atom stereocenters. The molecule has 5 heteroatoms. The summed E-state index contributed by atoms with van der Waals surface area (Å²) < 4.78 is 1.51. The highest BCUT2D eigenvalue weighted by Crippen LogP contribution is 2.23. The molecule has 0 radical (unpaired) electrons. The van der Waals surface area contributed by atoms with Crippen molar-refractivity contribution in [3.05, 3.63) is 58.0 Å². The molecule has 2 aromatic heterocycles. The Kier molecular flexibility index (Phi) is 3.08. The van der Waals surface area contributed by atoms with Crippen molar-refractivity contribution in [2.75, 3.05) is 6.54 Å². The van der Waals surface area contributed by atoms with Crippen LogP contribution in [0.5, 0.6) is 0 Å². The number of aromatic amines is 1. The van der Waals surface area contributed by atoms with Gasteiger partial charge in [-0.2, -0.15) is 0 Å². The molecule has 2 N–H and O–H groups in total. The van der Waals surface area contributed by atoms with Crippen molar-refractivity contribution in [1.82, 2.24) is 19.9 Å². The van der Waals surface area contributed by atoms with E-state index in [1.54, 1.807) is 6.07 Å². The van der Waals surface area contributed by atoms with Crippen molar-refractivity contribution in [3.8, 4) is 11.3 Å². The monoisotopic (exact) mass is 294 g/mol. The number of hydrogen-bond donors (Lipinski definition) is 2. The number of aryl methyl sites for hydroxylation is 1. The molecular weight excluding hydrogens is 276 g/mol. The molecule has 1 aliphatic rings. The van der Waals surface area contributed by atoms with Gasteiger partial charge in [-0.05, 0) is 37.9 Å². The van der Waals surface area contributed by atoms with Crippen molar-refractivity contribution in [3.63, 3.8) is 0 Å². The van der Waals surface area contributed by atoms with E-state index in [1.807, 2.05) is 18.2 Å². The van der Waals surface area contributed by atoms with Crippen LogP contribution in [-0.4, -0.2) is 21.1 Å². The van der Waals surface area contributed by atoms with Gasteiger partial charge >= 0.3 is 0 Å². The van der Waals surface area contributed by atoms with Crippen LogP contribution in [0.15, 0.2) is 41.2 Å². The number of rotatable bonds is 2. The molecule has 0 aliphatic carbocycles. The summed E-state index contributed by atoms with van der Waals surface area (Å²) in [6.45, 7) is 3.05. The lowest BCUT2D eigenvalue weighted by molar-refractivity contribution is 0.625. The Morgan fingerprint density at radius 2 is 2.18 bits per heavy atom. The smallest absolute Gasteiger partial charge is 0.272 e. The van der Waals surface area contributed by atoms with Crippen molar-refractivity contribution >= 4 is 5.65 Å². The zero-order valence-corrected chi connectivity index (χ0v) is 12.5. The van der Waals surface area contributed by atoms with E-state index in [0.717, 1.165) is 36.3 Å². The summed E-state index contributed by atoms with van der Waals surface area (Å²) in [6.07, 6.45) is 2.17. The maximum absolute atomic E-state index is 12.3. The molecular formula is C17H18N4O. The molecule has 1 saturated heterocycles. The molecule has 3 aromatic rings. The molecule has 0 saturated carbocycles. The quantitative estimate of drug-likeness (QED) is 0.763. The maximum Gasteiger partial charge on any atom is 0.272 e. The van der Waals surface area contributed by atoms with Crippen molar-refractivity contribution in [1.29, 1.82) is 0 Å². The fourth-order valence-corrected chi connectivity index (χ4v) is 3.09. The summed E-state index contributed by atoms with van der Waals surface area (Å²) in [7, 11) is 0. The van der Waals surface area contributed by atoms with E-state index >= 15 is 0 Å². The minimum absolute atomic E-state index is 0.0624. The minimum atomic E-state index is -0.0624. The Bertz CT molecular complexity index is 887. The van der Waals surface area contributed by atoms with Crippen LogP contribution in [0.1, 0.15) is 30.1 Å². The molecule has 1 unspecified atom stereocenters. The number of aromatic nitrogens is 3. The lowest BCUT2D eigenvalue weighted by Crippen LogP contribution is -2.20. The summed E-state index contributed by atoms with van der Waals surface area (Å²) in [5, 5.41) is 6.54. The fourth-order valence-electron chi connectivity index (χ4n) is 3.09. The summed E-state index contributed by atoms with van der Waals surface area (Å²) in [6, 6.07) is 12.0. The van der Waals surface area contributed by atoms with Gasteiger partial charge in [-0.1, -0.05) is 23.8 Å². The van der Waals surface area contributed by atoms with Gasteiger partial charge in [0.25, 0.3) is 5.56 Å². The van der Waals surface area contributed by atoms with Gasteiger partial charge < -0.3 is 5.32 Å². The normalized spacial score (nSPS) is 18.1. The zero-order chi connectivity index (χ0) is 15.1. The van der Waals surface area contributed by atoms with E-state index in [1.165, 1.54) is 10.1 Å². The second kappa shape index (κ2) is 5.10. The first-order chi connectivity index (χ1) is 10.7. The molecule has 1 fully saturated rings. The van der Waals surface area contributed by atoms with Gasteiger partial charge in [0, 0.05) is 18.2 Å². The molecule has 5 nitrogen and oxygen atoms in total. The predicted octanol–water partition coefficient (Wildman–Crippen LogP) is 2.42. The summed E-state index contributed by atoms with van der Waals surface area (Å²) in [5.74, 6) is 0. The average Bonchev–Trinajstić information content (AvgIpc) is 3.16. The first-order valence-electron chi connectivity index (χ1n) is 7.64. The largest absolute Gasteiger partial charge is 0.309 e. The predicted molar refractivity (Wildman–Crippen MR) is 86.0 cm³/mol. The first kappa shape index (κ1) is 13.3. The van der Waals surface area contributed by atoms with Gasteiger partial charge in [0.15, 0.2) is 5.65 Å². The van der Waals surface area contributed by atoms with Crippen LogP contribution in [0.4, 0.5) is 0 Å². The highest BCUT2D eigenvalue weighted by molar-refractivity contribution is 5.64. The van der Waals surface area contributed by atoms with Crippen LogP contribution >= 0.6 is 0 Å². The van der Waals surface area contributed by atoms with E-state index in [2.05, 4.69) is 34.5 Å². The van der Waals surface area contributed by atoms with Gasteiger partial charge in [0.1, 0.15) is 0 Å². The topological polar surface area (TPSA) is 62.2 Å². The highest BCUT2D eigenvalue weighted by atomic mass is 16.1. The lowest BCUT2D eigenvalue weighted by atomic mass is 10.1. The SMILES string of the molecule is Cc1cccc(-c2cc3nc(C4CCCN4)cc(=O)n3[nH]2)c1. The zero-order valence-electron chi connectivity index (χ0n) is 12.5. The molecule has 22 heavy (non-hydrogen) atoms. The molecule has 0 spiro atoms. The molecule has 112 valence electrons. The van der Waals surface area contributed by atoms with Crippen LogP contribution < -0.4 is 10.9 Å². The molecule has 1 aliphatic heterocycles. The first-order valence-corrected chi connectivity index (χ1v) is 7.64. The molecule has 4 rings (SSSR count). The number of nitrogens with zero attached hydrogens (tertiary/aromatic N) is 2. The third kappa shape index (κ3) is 2.23. The molecule has 1 aromatic carbocycles. The Balaban J connectivity index is 1.83. The fraction of sp³-hybridized carbons (Fsp3) is 0.294. The lowest BCUT2D eigenvalue weighted by Gasteiger charge is -2.08. The summed E-state index contributed by atoms with van der Waals surface area (Å²) in [4.78, 5) is 17.0. The Morgan fingerprint density at radius 1 is 1.27 bits per heavy atom. The van der Waals surface area contributed by atoms with E-state index < -0.39 is 0 Å². The second-order valence-electron chi connectivity index (χ2n) is 5.90. The Labute approximate surface area is 128 Å². The number of H-pyrrole nitrogens is 1. The van der Waals surface area contributed by atoms with Crippen LogP contribution in [0.25, 0.3) is 16.9 Å². The number of fused-ring (bicyclic) bond motifs is 1. The Morgan fingerprint density at radius 3 is 2.95 bits per heavy atom. The molecule has 0 amide bonds. The van der Waals surface area contributed by atoms with E-state index in [0.29, 0.717) is 5.65 Å². The number of benzene rings is 1. The third-order valence-electron chi connectivity index (χ3n) is 4.22. The second-order valence-corrected chi connectivity index (χ2v) is 5.90. The van der Waals surface area contributed by atoms with E-state index in [9.17, 15) is 4.79 Å². The van der Waals surface area contributed by atoms with Crippen molar-refractivity contribution in [2.45, 2.75) is 25.8 Å². The average molecular weight is 294 g/mol. The van der Waals surface area contributed by atoms with Gasteiger partial charge in [0.05, 0.1) is 11.4 Å². The van der Waals surface area contributed by atoms with Crippen molar-refractivity contribution in [2.24, 2.45) is 0 Å². The molecule has 3 heterocycles. The highest BCUT2D eigenvalue weighted by Gasteiger charge is 2.19.